The molecule has 1 aromatic carbocycles. The van der Waals surface area contributed by atoms with Gasteiger partial charge in [0.05, 0.1) is 18.9 Å². The number of aryl methyl sites for hydroxylation is 1. The van der Waals surface area contributed by atoms with Gasteiger partial charge in [-0.15, -0.1) is 0 Å². The van der Waals surface area contributed by atoms with Crippen molar-refractivity contribution in [3.05, 3.63) is 53.9 Å². The van der Waals surface area contributed by atoms with Crippen LogP contribution in [-0.4, -0.2) is 22.7 Å². The number of nitrogens with zero attached hydrogens (tertiary/aromatic N) is 2. The van der Waals surface area contributed by atoms with Crippen molar-refractivity contribution < 1.29 is 9.53 Å². The molecule has 0 saturated heterocycles. The van der Waals surface area contributed by atoms with Crippen molar-refractivity contribution in [3.8, 4) is 5.75 Å². The monoisotopic (exact) mass is 242 g/mol. The van der Waals surface area contributed by atoms with Crippen LogP contribution in [0.3, 0.4) is 0 Å². The zero-order valence-electron chi connectivity index (χ0n) is 10.3. The number of hydrogen-bond donors (Lipinski definition) is 0. The number of para-hydroxylation sites is 1. The Balaban J connectivity index is 2.18. The summed E-state index contributed by atoms with van der Waals surface area (Å²) >= 11 is 0. The van der Waals surface area contributed by atoms with Gasteiger partial charge in [-0.3, -0.25) is 9.48 Å². The Morgan fingerprint density at radius 2 is 2.17 bits per heavy atom. The highest BCUT2D eigenvalue weighted by Crippen LogP contribution is 2.18. The second-order valence-corrected chi connectivity index (χ2v) is 3.84. The lowest BCUT2D eigenvalue weighted by molar-refractivity contribution is 0.104. The van der Waals surface area contributed by atoms with E-state index in [-0.39, 0.29) is 5.78 Å². The van der Waals surface area contributed by atoms with Gasteiger partial charge in [-0.05, 0) is 18.2 Å². The largest absolute Gasteiger partial charge is 0.496 e. The van der Waals surface area contributed by atoms with Crippen LogP contribution in [0.4, 0.5) is 0 Å². The number of benzene rings is 1. The number of aromatic nitrogens is 2. The SMILES string of the molecule is COc1ccccc1C=CC(=O)c1cnn(C)c1. The van der Waals surface area contributed by atoms with Crippen LogP contribution in [0.15, 0.2) is 42.7 Å². The topological polar surface area (TPSA) is 44.1 Å². The summed E-state index contributed by atoms with van der Waals surface area (Å²) < 4.78 is 6.81. The summed E-state index contributed by atoms with van der Waals surface area (Å²) in [5, 5.41) is 3.96. The maximum absolute atomic E-state index is 11.9. The minimum Gasteiger partial charge on any atom is -0.496 e. The zero-order valence-corrected chi connectivity index (χ0v) is 10.3. The third-order valence-corrected chi connectivity index (χ3v) is 2.54. The Hall–Kier alpha value is -2.36. The Morgan fingerprint density at radius 3 is 2.83 bits per heavy atom. The van der Waals surface area contributed by atoms with Crippen molar-refractivity contribution in [1.29, 1.82) is 0 Å². The molecule has 0 saturated carbocycles. The molecule has 2 aromatic rings. The van der Waals surface area contributed by atoms with Gasteiger partial charge in [0.1, 0.15) is 5.75 Å². The Kier molecular flexibility index (Phi) is 3.57. The summed E-state index contributed by atoms with van der Waals surface area (Å²) in [6.45, 7) is 0. The molecule has 0 aliphatic heterocycles. The average Bonchev–Trinajstić information content (AvgIpc) is 2.83. The molecule has 2 rings (SSSR count). The van der Waals surface area contributed by atoms with Crippen LogP contribution in [0, 0.1) is 0 Å². The molecule has 0 atom stereocenters. The first-order valence-corrected chi connectivity index (χ1v) is 5.55. The summed E-state index contributed by atoms with van der Waals surface area (Å²) in [5.41, 5.74) is 1.45. The van der Waals surface area contributed by atoms with Crippen LogP contribution in [0.5, 0.6) is 5.75 Å². The number of allylic oxidation sites excluding steroid dienone is 1. The second-order valence-electron chi connectivity index (χ2n) is 3.84. The molecule has 1 heterocycles. The molecule has 0 aliphatic carbocycles. The summed E-state index contributed by atoms with van der Waals surface area (Å²) in [4.78, 5) is 11.9. The minimum atomic E-state index is -0.0750. The highest BCUT2D eigenvalue weighted by Gasteiger charge is 2.04. The van der Waals surface area contributed by atoms with Crippen LogP contribution in [0.2, 0.25) is 0 Å². The number of rotatable bonds is 4. The average molecular weight is 242 g/mol. The molecule has 0 radical (unpaired) electrons. The second kappa shape index (κ2) is 5.31. The first-order valence-electron chi connectivity index (χ1n) is 5.55. The predicted octanol–water partition coefficient (Wildman–Crippen LogP) is 2.32. The molecule has 1 aromatic heterocycles. The number of ketones is 1. The Bertz CT molecular complexity index is 585. The van der Waals surface area contributed by atoms with Gasteiger partial charge in [-0.1, -0.05) is 18.2 Å². The number of carbonyl (C=O) groups is 1. The molecule has 0 bridgehead atoms. The van der Waals surface area contributed by atoms with Crippen molar-refractivity contribution in [1.82, 2.24) is 9.78 Å². The molecule has 0 amide bonds. The first kappa shape index (κ1) is 12.1. The van der Waals surface area contributed by atoms with E-state index in [0.29, 0.717) is 5.56 Å². The molecule has 0 spiro atoms. The van der Waals surface area contributed by atoms with E-state index >= 15 is 0 Å². The van der Waals surface area contributed by atoms with E-state index < -0.39 is 0 Å². The van der Waals surface area contributed by atoms with E-state index in [4.69, 9.17) is 4.74 Å². The fourth-order valence-electron chi connectivity index (χ4n) is 1.61. The van der Waals surface area contributed by atoms with Crippen LogP contribution < -0.4 is 4.74 Å². The lowest BCUT2D eigenvalue weighted by Crippen LogP contribution is -1.92. The summed E-state index contributed by atoms with van der Waals surface area (Å²) in [5.74, 6) is 0.668. The van der Waals surface area contributed by atoms with Crippen molar-refractivity contribution in [2.75, 3.05) is 7.11 Å². The molecule has 4 nitrogen and oxygen atoms in total. The van der Waals surface area contributed by atoms with Crippen LogP contribution in [0.1, 0.15) is 15.9 Å². The lowest BCUT2D eigenvalue weighted by Gasteiger charge is -2.02. The van der Waals surface area contributed by atoms with Crippen molar-refractivity contribution in [3.63, 3.8) is 0 Å². The summed E-state index contributed by atoms with van der Waals surface area (Å²) in [6, 6.07) is 7.54. The maximum atomic E-state index is 11.9. The molecular formula is C14H14N2O2. The van der Waals surface area contributed by atoms with Crippen molar-refractivity contribution in [2.45, 2.75) is 0 Å². The maximum Gasteiger partial charge on any atom is 0.189 e. The summed E-state index contributed by atoms with van der Waals surface area (Å²) in [6.07, 6.45) is 6.51. The molecule has 0 N–H and O–H groups in total. The molecule has 18 heavy (non-hydrogen) atoms. The lowest BCUT2D eigenvalue weighted by atomic mass is 10.1. The van der Waals surface area contributed by atoms with Crippen LogP contribution in [0.25, 0.3) is 6.08 Å². The van der Waals surface area contributed by atoms with Crippen molar-refractivity contribution in [2.24, 2.45) is 7.05 Å². The number of hydrogen-bond acceptors (Lipinski definition) is 3. The minimum absolute atomic E-state index is 0.0750. The van der Waals surface area contributed by atoms with Gasteiger partial charge in [0.15, 0.2) is 5.78 Å². The highest BCUT2D eigenvalue weighted by molar-refractivity contribution is 6.06. The van der Waals surface area contributed by atoms with Gasteiger partial charge in [-0.2, -0.15) is 5.10 Å². The first-order chi connectivity index (χ1) is 8.70. The van der Waals surface area contributed by atoms with Gasteiger partial charge in [0.25, 0.3) is 0 Å². The van der Waals surface area contributed by atoms with Gasteiger partial charge < -0.3 is 4.74 Å². The van der Waals surface area contributed by atoms with E-state index in [9.17, 15) is 4.79 Å². The Labute approximate surface area is 106 Å². The molecular weight excluding hydrogens is 228 g/mol. The molecule has 0 aliphatic rings. The number of carbonyl (C=O) groups excluding carboxylic acids is 1. The Morgan fingerprint density at radius 1 is 1.39 bits per heavy atom. The van der Waals surface area contributed by atoms with Gasteiger partial charge in [0.2, 0.25) is 0 Å². The van der Waals surface area contributed by atoms with E-state index in [2.05, 4.69) is 5.10 Å². The van der Waals surface area contributed by atoms with E-state index in [1.54, 1.807) is 37.3 Å². The third-order valence-electron chi connectivity index (χ3n) is 2.54. The van der Waals surface area contributed by atoms with Crippen LogP contribution in [-0.2, 0) is 7.05 Å². The molecule has 4 heteroatoms. The fraction of sp³-hybridized carbons (Fsp3) is 0.143. The zero-order chi connectivity index (χ0) is 13.0. The van der Waals surface area contributed by atoms with E-state index in [0.717, 1.165) is 11.3 Å². The molecule has 0 fully saturated rings. The van der Waals surface area contributed by atoms with Gasteiger partial charge in [-0.25, -0.2) is 0 Å². The van der Waals surface area contributed by atoms with E-state index in [1.165, 1.54) is 6.08 Å². The normalized spacial score (nSPS) is 10.8. The third kappa shape index (κ3) is 2.66. The van der Waals surface area contributed by atoms with Crippen LogP contribution >= 0.6 is 0 Å². The van der Waals surface area contributed by atoms with Crippen molar-refractivity contribution >= 4 is 11.9 Å². The predicted molar refractivity (Wildman–Crippen MR) is 69.6 cm³/mol. The quantitative estimate of drug-likeness (QED) is 0.610. The van der Waals surface area contributed by atoms with Gasteiger partial charge >= 0.3 is 0 Å². The number of ether oxygens (including phenoxy) is 1. The highest BCUT2D eigenvalue weighted by atomic mass is 16.5. The molecule has 0 unspecified atom stereocenters. The molecule has 92 valence electrons. The van der Waals surface area contributed by atoms with E-state index in [1.807, 2.05) is 24.3 Å². The van der Waals surface area contributed by atoms with Gasteiger partial charge in [0, 0.05) is 18.8 Å². The smallest absolute Gasteiger partial charge is 0.189 e. The standard InChI is InChI=1S/C14H14N2O2/c1-16-10-12(9-15-16)13(17)8-7-11-5-3-4-6-14(11)18-2/h3-10H,1-2H3. The summed E-state index contributed by atoms with van der Waals surface area (Å²) in [7, 11) is 3.39. The fourth-order valence-corrected chi connectivity index (χ4v) is 1.61. The number of methoxy groups -OCH3 is 1.